The molecular formula is C12H12F2O3S. The smallest absolute Gasteiger partial charge is 0.184 e. The van der Waals surface area contributed by atoms with Gasteiger partial charge in [-0.25, -0.2) is 17.2 Å². The quantitative estimate of drug-likeness (QED) is 0.776. The summed E-state index contributed by atoms with van der Waals surface area (Å²) in [7, 11) is -3.54. The van der Waals surface area contributed by atoms with Gasteiger partial charge in [-0.3, -0.25) is 4.79 Å². The molecule has 0 aromatic heterocycles. The summed E-state index contributed by atoms with van der Waals surface area (Å²) in [6.07, 6.45) is 1.29. The van der Waals surface area contributed by atoms with E-state index >= 15 is 0 Å². The van der Waals surface area contributed by atoms with Gasteiger partial charge in [0, 0.05) is 0 Å². The van der Waals surface area contributed by atoms with E-state index in [0.29, 0.717) is 12.8 Å². The van der Waals surface area contributed by atoms with Gasteiger partial charge in [0.2, 0.25) is 0 Å². The first kappa shape index (κ1) is 13.1. The van der Waals surface area contributed by atoms with Crippen molar-refractivity contribution in [3.8, 4) is 0 Å². The van der Waals surface area contributed by atoms with Crippen molar-refractivity contribution in [2.45, 2.75) is 24.5 Å². The van der Waals surface area contributed by atoms with Gasteiger partial charge in [0.1, 0.15) is 5.25 Å². The van der Waals surface area contributed by atoms with E-state index in [1.54, 1.807) is 0 Å². The standard InChI is InChI=1S/C12H12F2O3S/c13-9-5-3-4-8(11(9)14)12(15)10-6-1-2-7-18(10,16)17/h3-5,10H,1-2,6-7H2. The van der Waals surface area contributed by atoms with Crippen LogP contribution in [0, 0.1) is 11.6 Å². The summed E-state index contributed by atoms with van der Waals surface area (Å²) < 4.78 is 50.0. The third-order valence-electron chi connectivity index (χ3n) is 3.09. The fraction of sp³-hybridized carbons (Fsp3) is 0.417. The molecule has 1 aliphatic heterocycles. The maximum absolute atomic E-state index is 13.5. The van der Waals surface area contributed by atoms with Crippen LogP contribution in [0.1, 0.15) is 29.6 Å². The number of sulfone groups is 1. The van der Waals surface area contributed by atoms with Gasteiger partial charge in [0.25, 0.3) is 0 Å². The molecule has 1 saturated heterocycles. The first-order valence-corrected chi connectivity index (χ1v) is 7.35. The number of halogens is 2. The zero-order valence-corrected chi connectivity index (χ0v) is 10.3. The van der Waals surface area contributed by atoms with Crippen molar-refractivity contribution >= 4 is 15.6 Å². The molecule has 1 aliphatic rings. The van der Waals surface area contributed by atoms with Crippen LogP contribution in [0.2, 0.25) is 0 Å². The molecule has 6 heteroatoms. The van der Waals surface area contributed by atoms with Crippen molar-refractivity contribution in [1.82, 2.24) is 0 Å². The van der Waals surface area contributed by atoms with Crippen LogP contribution in [0.25, 0.3) is 0 Å². The lowest BCUT2D eigenvalue weighted by atomic mass is 10.0. The first-order chi connectivity index (χ1) is 8.43. The average Bonchev–Trinajstić information content (AvgIpc) is 2.31. The normalized spacial score (nSPS) is 22.7. The van der Waals surface area contributed by atoms with Crippen LogP contribution >= 0.6 is 0 Å². The second-order valence-corrected chi connectivity index (χ2v) is 6.62. The van der Waals surface area contributed by atoms with Gasteiger partial charge < -0.3 is 0 Å². The van der Waals surface area contributed by atoms with E-state index in [1.807, 2.05) is 0 Å². The molecule has 98 valence electrons. The van der Waals surface area contributed by atoms with Crippen molar-refractivity contribution in [3.05, 3.63) is 35.4 Å². The van der Waals surface area contributed by atoms with Crippen LogP contribution in [-0.2, 0) is 9.84 Å². The molecule has 1 fully saturated rings. The largest absolute Gasteiger partial charge is 0.293 e. The molecule has 2 rings (SSSR count). The van der Waals surface area contributed by atoms with Crippen LogP contribution in [0.15, 0.2) is 18.2 Å². The SMILES string of the molecule is O=C(c1cccc(F)c1F)C1CCCCS1(=O)=O. The molecule has 0 amide bonds. The monoisotopic (exact) mass is 274 g/mol. The number of carbonyl (C=O) groups excluding carboxylic acids is 1. The number of benzene rings is 1. The molecule has 0 bridgehead atoms. The summed E-state index contributed by atoms with van der Waals surface area (Å²) in [5.74, 6) is -3.33. The topological polar surface area (TPSA) is 51.2 Å². The predicted molar refractivity (Wildman–Crippen MR) is 62.1 cm³/mol. The molecule has 1 aromatic rings. The van der Waals surface area contributed by atoms with Crippen LogP contribution in [0.5, 0.6) is 0 Å². The fourth-order valence-electron chi connectivity index (χ4n) is 2.12. The van der Waals surface area contributed by atoms with Crippen molar-refractivity contribution in [1.29, 1.82) is 0 Å². The van der Waals surface area contributed by atoms with Gasteiger partial charge in [-0.05, 0) is 25.0 Å². The Hall–Kier alpha value is -1.30. The van der Waals surface area contributed by atoms with Crippen LogP contribution in [-0.4, -0.2) is 25.2 Å². The highest BCUT2D eigenvalue weighted by Crippen LogP contribution is 2.24. The Morgan fingerprint density at radius 3 is 2.61 bits per heavy atom. The highest BCUT2D eigenvalue weighted by Gasteiger charge is 2.36. The minimum atomic E-state index is -3.54. The number of rotatable bonds is 2. The number of hydrogen-bond acceptors (Lipinski definition) is 3. The summed E-state index contributed by atoms with van der Waals surface area (Å²) >= 11 is 0. The first-order valence-electron chi connectivity index (χ1n) is 5.63. The highest BCUT2D eigenvalue weighted by atomic mass is 32.2. The highest BCUT2D eigenvalue weighted by molar-refractivity contribution is 7.92. The third-order valence-corrected chi connectivity index (χ3v) is 5.26. The Labute approximate surface area is 104 Å². The Morgan fingerprint density at radius 2 is 1.94 bits per heavy atom. The van der Waals surface area contributed by atoms with Gasteiger partial charge in [-0.1, -0.05) is 12.5 Å². The zero-order valence-electron chi connectivity index (χ0n) is 9.53. The van der Waals surface area contributed by atoms with Crippen molar-refractivity contribution < 1.29 is 22.0 Å². The number of Topliss-reactive ketones (excluding diaryl/α,β-unsaturated/α-hetero) is 1. The fourth-order valence-corrected chi connectivity index (χ4v) is 3.99. The zero-order chi connectivity index (χ0) is 13.3. The predicted octanol–water partition coefficient (Wildman–Crippen LogP) is 2.11. The lowest BCUT2D eigenvalue weighted by Crippen LogP contribution is -2.36. The molecule has 1 atom stereocenters. The van der Waals surface area contributed by atoms with Gasteiger partial charge in [0.05, 0.1) is 11.3 Å². The molecule has 0 saturated carbocycles. The molecule has 3 nitrogen and oxygen atoms in total. The molecule has 0 spiro atoms. The second-order valence-electron chi connectivity index (χ2n) is 4.32. The molecule has 1 aromatic carbocycles. The summed E-state index contributed by atoms with van der Waals surface area (Å²) in [4.78, 5) is 12.0. The Balaban J connectivity index is 2.39. The Morgan fingerprint density at radius 1 is 1.22 bits per heavy atom. The number of hydrogen-bond donors (Lipinski definition) is 0. The van der Waals surface area contributed by atoms with Crippen LogP contribution in [0.4, 0.5) is 8.78 Å². The minimum Gasteiger partial charge on any atom is -0.293 e. The van der Waals surface area contributed by atoms with Crippen molar-refractivity contribution in [2.75, 3.05) is 5.75 Å². The van der Waals surface area contributed by atoms with Crippen LogP contribution in [0.3, 0.4) is 0 Å². The average molecular weight is 274 g/mol. The molecule has 0 N–H and O–H groups in total. The van der Waals surface area contributed by atoms with E-state index in [2.05, 4.69) is 0 Å². The van der Waals surface area contributed by atoms with Crippen molar-refractivity contribution in [2.24, 2.45) is 0 Å². The Kier molecular flexibility index (Phi) is 3.47. The van der Waals surface area contributed by atoms with E-state index < -0.39 is 38.1 Å². The lowest BCUT2D eigenvalue weighted by Gasteiger charge is -2.21. The van der Waals surface area contributed by atoms with E-state index in [4.69, 9.17) is 0 Å². The molecule has 1 unspecified atom stereocenters. The van der Waals surface area contributed by atoms with Crippen molar-refractivity contribution in [3.63, 3.8) is 0 Å². The maximum Gasteiger partial charge on any atom is 0.184 e. The molecule has 0 aliphatic carbocycles. The van der Waals surface area contributed by atoms with E-state index in [1.165, 1.54) is 6.07 Å². The molecule has 1 heterocycles. The summed E-state index contributed by atoms with van der Waals surface area (Å²) in [5.41, 5.74) is -0.481. The number of carbonyl (C=O) groups is 1. The Bertz CT molecular complexity index is 581. The maximum atomic E-state index is 13.5. The summed E-state index contributed by atoms with van der Waals surface area (Å²) in [5, 5.41) is -1.23. The van der Waals surface area contributed by atoms with Gasteiger partial charge in [-0.15, -0.1) is 0 Å². The minimum absolute atomic E-state index is 0.0691. The number of ketones is 1. The van der Waals surface area contributed by atoms with Gasteiger partial charge in [0.15, 0.2) is 27.3 Å². The molecule has 0 radical (unpaired) electrons. The molecular weight excluding hydrogens is 262 g/mol. The van der Waals surface area contributed by atoms with Gasteiger partial charge >= 0.3 is 0 Å². The van der Waals surface area contributed by atoms with E-state index in [0.717, 1.165) is 12.1 Å². The van der Waals surface area contributed by atoms with E-state index in [-0.39, 0.29) is 12.2 Å². The lowest BCUT2D eigenvalue weighted by molar-refractivity contribution is 0.0976. The molecule has 18 heavy (non-hydrogen) atoms. The van der Waals surface area contributed by atoms with E-state index in [9.17, 15) is 22.0 Å². The van der Waals surface area contributed by atoms with Gasteiger partial charge in [-0.2, -0.15) is 0 Å². The summed E-state index contributed by atoms with van der Waals surface area (Å²) in [6, 6.07) is 3.20. The summed E-state index contributed by atoms with van der Waals surface area (Å²) in [6.45, 7) is 0. The third kappa shape index (κ3) is 2.29. The second kappa shape index (κ2) is 4.76. The van der Waals surface area contributed by atoms with Crippen LogP contribution < -0.4 is 0 Å².